The molecule has 1 aromatic carbocycles. The Labute approximate surface area is 181 Å². The average molecular weight is 451 g/mol. The zero-order chi connectivity index (χ0) is 21.8. The summed E-state index contributed by atoms with van der Waals surface area (Å²) in [5.41, 5.74) is 0.959. The molecule has 2 aromatic rings. The van der Waals surface area contributed by atoms with Gasteiger partial charge in [0.25, 0.3) is 5.91 Å². The van der Waals surface area contributed by atoms with Gasteiger partial charge in [-0.2, -0.15) is 0 Å². The van der Waals surface area contributed by atoms with Gasteiger partial charge in [0.15, 0.2) is 0 Å². The quantitative estimate of drug-likeness (QED) is 0.670. The van der Waals surface area contributed by atoms with E-state index < -0.39 is 10.0 Å². The molecule has 0 spiro atoms. The topological polar surface area (TPSA) is 94.7 Å². The van der Waals surface area contributed by atoms with Gasteiger partial charge in [-0.05, 0) is 36.6 Å². The molecule has 10 heteroatoms. The van der Waals surface area contributed by atoms with Crippen LogP contribution in [0.5, 0.6) is 0 Å². The summed E-state index contributed by atoms with van der Waals surface area (Å²) in [5.74, 6) is -0.556. The Bertz CT molecular complexity index is 1010. The second-order valence-corrected chi connectivity index (χ2v) is 9.59. The third-order valence-electron chi connectivity index (χ3n) is 5.78. The minimum Gasteiger partial charge on any atom is -0.379 e. The van der Waals surface area contributed by atoms with Crippen molar-refractivity contribution in [1.29, 1.82) is 0 Å². The SMILES string of the molecule is O=C(c1cc(S(=O)(=O)NCC(c2cccc(F)c2)N2CCOCC2)c[nH]1)N1CCCC1. The van der Waals surface area contributed by atoms with Gasteiger partial charge in [0.05, 0.1) is 13.2 Å². The van der Waals surface area contributed by atoms with Crippen molar-refractivity contribution in [3.8, 4) is 0 Å². The van der Waals surface area contributed by atoms with Crippen molar-refractivity contribution in [1.82, 2.24) is 19.5 Å². The zero-order valence-corrected chi connectivity index (χ0v) is 18.0. The number of ether oxygens (including phenoxy) is 1. The number of amides is 1. The third kappa shape index (κ3) is 5.15. The Morgan fingerprint density at radius 1 is 1.16 bits per heavy atom. The van der Waals surface area contributed by atoms with Crippen molar-refractivity contribution >= 4 is 15.9 Å². The molecule has 1 aromatic heterocycles. The predicted molar refractivity (Wildman–Crippen MR) is 113 cm³/mol. The molecule has 0 aliphatic carbocycles. The lowest BCUT2D eigenvalue weighted by Crippen LogP contribution is -2.43. The van der Waals surface area contributed by atoms with Crippen molar-refractivity contribution in [2.75, 3.05) is 45.9 Å². The summed E-state index contributed by atoms with van der Waals surface area (Å²) in [6.45, 7) is 3.78. The number of aromatic amines is 1. The van der Waals surface area contributed by atoms with Crippen LogP contribution < -0.4 is 4.72 Å². The second kappa shape index (κ2) is 9.47. The molecule has 0 radical (unpaired) electrons. The minimum atomic E-state index is -3.85. The van der Waals surface area contributed by atoms with Crippen LogP contribution in [0.15, 0.2) is 41.4 Å². The molecule has 3 heterocycles. The van der Waals surface area contributed by atoms with Crippen molar-refractivity contribution in [2.45, 2.75) is 23.8 Å². The van der Waals surface area contributed by atoms with E-state index in [4.69, 9.17) is 4.74 Å². The minimum absolute atomic E-state index is 0.00927. The Hall–Kier alpha value is -2.27. The number of nitrogens with zero attached hydrogens (tertiary/aromatic N) is 2. The smallest absolute Gasteiger partial charge is 0.270 e. The van der Waals surface area contributed by atoms with Crippen molar-refractivity contribution in [2.24, 2.45) is 0 Å². The number of carbonyl (C=O) groups excluding carboxylic acids is 1. The van der Waals surface area contributed by atoms with Gasteiger partial charge in [-0.3, -0.25) is 9.69 Å². The number of hydrogen-bond acceptors (Lipinski definition) is 5. The standard InChI is InChI=1S/C21H27FN4O4S/c22-17-5-3-4-16(12-17)20(25-8-10-30-11-9-25)15-24-31(28,29)18-13-19(23-14-18)21(27)26-6-1-2-7-26/h3-5,12-14,20,23-24H,1-2,6-11,15H2. The lowest BCUT2D eigenvalue weighted by atomic mass is 10.0. The number of morpholine rings is 1. The zero-order valence-electron chi connectivity index (χ0n) is 17.2. The van der Waals surface area contributed by atoms with Gasteiger partial charge in [-0.25, -0.2) is 17.5 Å². The molecule has 2 aliphatic rings. The number of aromatic nitrogens is 1. The molecule has 1 atom stereocenters. The number of benzene rings is 1. The average Bonchev–Trinajstić information content (AvgIpc) is 3.47. The summed E-state index contributed by atoms with van der Waals surface area (Å²) < 4.78 is 47.7. The second-order valence-electron chi connectivity index (χ2n) is 7.82. The third-order valence-corrected chi connectivity index (χ3v) is 7.18. The molecular weight excluding hydrogens is 423 g/mol. The monoisotopic (exact) mass is 450 g/mol. The van der Waals surface area contributed by atoms with E-state index >= 15 is 0 Å². The van der Waals surface area contributed by atoms with Gasteiger partial charge in [0, 0.05) is 45.0 Å². The molecule has 2 N–H and O–H groups in total. The van der Waals surface area contributed by atoms with Gasteiger partial charge >= 0.3 is 0 Å². The van der Waals surface area contributed by atoms with Crippen molar-refractivity contribution in [3.63, 3.8) is 0 Å². The number of likely N-dealkylation sites (tertiary alicyclic amines) is 1. The first-order chi connectivity index (χ1) is 14.9. The highest BCUT2D eigenvalue weighted by atomic mass is 32.2. The van der Waals surface area contributed by atoms with Crippen molar-refractivity contribution < 1.29 is 22.3 Å². The summed E-state index contributed by atoms with van der Waals surface area (Å²) in [6, 6.07) is 7.24. The molecule has 8 nitrogen and oxygen atoms in total. The molecule has 1 amide bonds. The fourth-order valence-electron chi connectivity index (χ4n) is 4.08. The van der Waals surface area contributed by atoms with E-state index in [-0.39, 0.29) is 34.9 Å². The summed E-state index contributed by atoms with van der Waals surface area (Å²) in [7, 11) is -3.85. The van der Waals surface area contributed by atoms with Crippen LogP contribution in [-0.2, 0) is 14.8 Å². The normalized spacial score (nSPS) is 18.9. The highest BCUT2D eigenvalue weighted by Gasteiger charge is 2.27. The summed E-state index contributed by atoms with van der Waals surface area (Å²) in [5, 5.41) is 0. The van der Waals surface area contributed by atoms with E-state index in [9.17, 15) is 17.6 Å². The molecule has 168 valence electrons. The maximum absolute atomic E-state index is 13.8. The largest absolute Gasteiger partial charge is 0.379 e. The first kappa shape index (κ1) is 21.9. The summed E-state index contributed by atoms with van der Waals surface area (Å²) >= 11 is 0. The number of halogens is 1. The Morgan fingerprint density at radius 2 is 1.90 bits per heavy atom. The van der Waals surface area contributed by atoms with E-state index in [0.717, 1.165) is 12.8 Å². The van der Waals surface area contributed by atoms with Crippen molar-refractivity contribution in [3.05, 3.63) is 53.6 Å². The molecular formula is C21H27FN4O4S. The number of sulfonamides is 1. The first-order valence-corrected chi connectivity index (χ1v) is 12.0. The number of carbonyl (C=O) groups is 1. The van der Waals surface area contributed by atoms with Crippen LogP contribution in [0.3, 0.4) is 0 Å². The maximum Gasteiger partial charge on any atom is 0.270 e. The molecule has 1 unspecified atom stereocenters. The predicted octanol–water partition coefficient (Wildman–Crippen LogP) is 1.74. The molecule has 0 saturated carbocycles. The van der Waals surface area contributed by atoms with Crippen LogP contribution >= 0.6 is 0 Å². The van der Waals surface area contributed by atoms with Crippen LogP contribution in [0.4, 0.5) is 4.39 Å². The highest BCUT2D eigenvalue weighted by molar-refractivity contribution is 7.89. The summed E-state index contributed by atoms with van der Waals surface area (Å²) in [4.78, 5) is 19.1. The fourth-order valence-corrected chi connectivity index (χ4v) is 5.11. The van der Waals surface area contributed by atoms with Crippen LogP contribution in [0.2, 0.25) is 0 Å². The molecule has 2 fully saturated rings. The fraction of sp³-hybridized carbons (Fsp3) is 0.476. The van der Waals surface area contributed by atoms with Crippen LogP contribution in [0, 0.1) is 5.82 Å². The van der Waals surface area contributed by atoms with Gasteiger partial charge in [-0.1, -0.05) is 12.1 Å². The maximum atomic E-state index is 13.8. The highest BCUT2D eigenvalue weighted by Crippen LogP contribution is 2.23. The van der Waals surface area contributed by atoms with Crippen LogP contribution in [-0.4, -0.2) is 75.0 Å². The van der Waals surface area contributed by atoms with E-state index in [1.165, 1.54) is 24.4 Å². The molecule has 0 bridgehead atoms. The molecule has 4 rings (SSSR count). The van der Waals surface area contributed by atoms with Gasteiger partial charge in [0.1, 0.15) is 16.4 Å². The van der Waals surface area contributed by atoms with Gasteiger partial charge in [0.2, 0.25) is 10.0 Å². The van der Waals surface area contributed by atoms with E-state index in [0.29, 0.717) is 45.0 Å². The van der Waals surface area contributed by atoms with E-state index in [1.54, 1.807) is 17.0 Å². The lowest BCUT2D eigenvalue weighted by Gasteiger charge is -2.34. The number of nitrogens with one attached hydrogen (secondary N) is 2. The van der Waals surface area contributed by atoms with E-state index in [2.05, 4.69) is 14.6 Å². The first-order valence-electron chi connectivity index (χ1n) is 10.5. The lowest BCUT2D eigenvalue weighted by molar-refractivity contribution is 0.0171. The Kier molecular flexibility index (Phi) is 6.71. The van der Waals surface area contributed by atoms with Crippen LogP contribution in [0.1, 0.15) is 34.9 Å². The molecule has 2 aliphatic heterocycles. The van der Waals surface area contributed by atoms with Gasteiger partial charge < -0.3 is 14.6 Å². The number of H-pyrrole nitrogens is 1. The number of rotatable bonds is 7. The Morgan fingerprint density at radius 3 is 2.61 bits per heavy atom. The van der Waals surface area contributed by atoms with Gasteiger partial charge in [-0.15, -0.1) is 0 Å². The molecule has 2 saturated heterocycles. The van der Waals surface area contributed by atoms with Crippen LogP contribution in [0.25, 0.3) is 0 Å². The summed E-state index contributed by atoms with van der Waals surface area (Å²) in [6.07, 6.45) is 3.25. The van der Waals surface area contributed by atoms with E-state index in [1.807, 2.05) is 0 Å². The Balaban J connectivity index is 1.49. The number of hydrogen-bond donors (Lipinski definition) is 2. The molecule has 31 heavy (non-hydrogen) atoms.